The third-order valence-electron chi connectivity index (χ3n) is 7.10. The molecule has 0 saturated heterocycles. The molecule has 2 aliphatic carbocycles. The van der Waals surface area contributed by atoms with E-state index in [9.17, 15) is 9.59 Å². The Kier molecular flexibility index (Phi) is 7.85. The molecule has 3 heteroatoms. The van der Waals surface area contributed by atoms with Crippen LogP contribution >= 0.6 is 0 Å². The number of fused-ring (bicyclic) bond motifs is 1. The van der Waals surface area contributed by atoms with Crippen LogP contribution in [-0.2, 0) is 14.3 Å². The first-order valence-corrected chi connectivity index (χ1v) is 11.1. The van der Waals surface area contributed by atoms with E-state index in [4.69, 9.17) is 4.74 Å². The number of carbonyl (C=O) groups is 2. The number of unbranched alkanes of at least 4 members (excludes halogenated alkanes) is 1. The summed E-state index contributed by atoms with van der Waals surface area (Å²) >= 11 is 0. The predicted octanol–water partition coefficient (Wildman–Crippen LogP) is 6.36. The Labute approximate surface area is 177 Å². The van der Waals surface area contributed by atoms with Crippen molar-refractivity contribution in [2.24, 2.45) is 23.2 Å². The van der Waals surface area contributed by atoms with E-state index in [1.54, 1.807) is 6.08 Å². The van der Waals surface area contributed by atoms with E-state index in [0.29, 0.717) is 29.6 Å². The predicted molar refractivity (Wildman–Crippen MR) is 119 cm³/mol. The second kappa shape index (κ2) is 9.73. The Balaban J connectivity index is 2.21. The van der Waals surface area contributed by atoms with Crippen molar-refractivity contribution in [1.29, 1.82) is 0 Å². The van der Waals surface area contributed by atoms with Gasteiger partial charge < -0.3 is 4.74 Å². The SMILES string of the molecule is C=C(O[C@@H]1CC[C@H](C)[C@@]2(C)C[C@@H](C(=C)C=O)C(=O)C=C12)/C(C)=C/C(C)CCCC. The molecule has 0 aromatic carbocycles. The zero-order valence-corrected chi connectivity index (χ0v) is 18.9. The van der Waals surface area contributed by atoms with E-state index in [-0.39, 0.29) is 17.3 Å². The topological polar surface area (TPSA) is 43.4 Å². The minimum absolute atomic E-state index is 0.0247. The first-order chi connectivity index (χ1) is 13.6. The monoisotopic (exact) mass is 398 g/mol. The van der Waals surface area contributed by atoms with Crippen molar-refractivity contribution >= 4 is 12.1 Å². The molecule has 160 valence electrons. The summed E-state index contributed by atoms with van der Waals surface area (Å²) in [6.07, 6.45) is 10.7. The van der Waals surface area contributed by atoms with Gasteiger partial charge in [-0.15, -0.1) is 0 Å². The van der Waals surface area contributed by atoms with Crippen molar-refractivity contribution in [3.8, 4) is 0 Å². The summed E-state index contributed by atoms with van der Waals surface area (Å²) in [7, 11) is 0. The molecule has 1 fully saturated rings. The maximum Gasteiger partial charge on any atom is 0.163 e. The zero-order valence-electron chi connectivity index (χ0n) is 18.9. The molecule has 1 unspecified atom stereocenters. The number of aldehydes is 1. The van der Waals surface area contributed by atoms with Gasteiger partial charge in [0.25, 0.3) is 0 Å². The quantitative estimate of drug-likeness (QED) is 0.196. The van der Waals surface area contributed by atoms with Crippen molar-refractivity contribution in [3.05, 3.63) is 47.8 Å². The minimum atomic E-state index is -0.410. The lowest BCUT2D eigenvalue weighted by molar-refractivity contribution is -0.121. The Bertz CT molecular complexity index is 726. The van der Waals surface area contributed by atoms with Gasteiger partial charge in [-0.25, -0.2) is 0 Å². The molecule has 0 amide bonds. The van der Waals surface area contributed by atoms with E-state index in [1.807, 2.05) is 0 Å². The molecule has 0 radical (unpaired) electrons. The Hall–Kier alpha value is -1.90. The molecule has 0 aromatic rings. The summed E-state index contributed by atoms with van der Waals surface area (Å²) in [5.74, 6) is 1.18. The van der Waals surface area contributed by atoms with Crippen LogP contribution in [-0.4, -0.2) is 18.2 Å². The highest BCUT2D eigenvalue weighted by Crippen LogP contribution is 2.53. The number of hydrogen-bond donors (Lipinski definition) is 0. The van der Waals surface area contributed by atoms with Gasteiger partial charge >= 0.3 is 0 Å². The summed E-state index contributed by atoms with van der Waals surface area (Å²) in [6, 6.07) is 0. The number of ether oxygens (including phenoxy) is 1. The summed E-state index contributed by atoms with van der Waals surface area (Å²) in [5.41, 5.74) is 2.35. The lowest BCUT2D eigenvalue weighted by atomic mass is 9.57. The third-order valence-corrected chi connectivity index (χ3v) is 7.10. The Morgan fingerprint density at radius 2 is 2.07 bits per heavy atom. The highest BCUT2D eigenvalue weighted by Gasteiger charge is 2.48. The van der Waals surface area contributed by atoms with Gasteiger partial charge in [-0.2, -0.15) is 0 Å². The molecule has 29 heavy (non-hydrogen) atoms. The molecule has 3 nitrogen and oxygen atoms in total. The molecular weight excluding hydrogens is 360 g/mol. The fourth-order valence-electron chi connectivity index (χ4n) is 4.80. The molecule has 0 aliphatic heterocycles. The number of hydrogen-bond acceptors (Lipinski definition) is 3. The zero-order chi connectivity index (χ0) is 21.8. The van der Waals surface area contributed by atoms with Crippen LogP contribution in [0.2, 0.25) is 0 Å². The van der Waals surface area contributed by atoms with Crippen LogP contribution in [0.15, 0.2) is 47.8 Å². The lowest BCUT2D eigenvalue weighted by Crippen LogP contribution is -2.45. The molecule has 0 heterocycles. The number of ketones is 1. The van der Waals surface area contributed by atoms with Crippen molar-refractivity contribution in [2.45, 2.75) is 79.2 Å². The van der Waals surface area contributed by atoms with Gasteiger partial charge in [0.15, 0.2) is 5.78 Å². The maximum atomic E-state index is 12.7. The first-order valence-electron chi connectivity index (χ1n) is 11.1. The van der Waals surface area contributed by atoms with E-state index >= 15 is 0 Å². The Morgan fingerprint density at radius 3 is 2.69 bits per heavy atom. The molecule has 0 bridgehead atoms. The van der Waals surface area contributed by atoms with E-state index in [0.717, 1.165) is 30.3 Å². The smallest absolute Gasteiger partial charge is 0.163 e. The van der Waals surface area contributed by atoms with Gasteiger partial charge in [-0.05, 0) is 72.7 Å². The van der Waals surface area contributed by atoms with Crippen LogP contribution in [0.1, 0.15) is 73.1 Å². The normalized spacial score (nSPS) is 30.8. The van der Waals surface area contributed by atoms with Gasteiger partial charge in [0.1, 0.15) is 18.1 Å². The van der Waals surface area contributed by atoms with Gasteiger partial charge in [0.05, 0.1) is 5.92 Å². The largest absolute Gasteiger partial charge is 0.486 e. The molecule has 2 rings (SSSR count). The first kappa shape index (κ1) is 23.4. The minimum Gasteiger partial charge on any atom is -0.486 e. The van der Waals surface area contributed by atoms with Crippen molar-refractivity contribution in [3.63, 3.8) is 0 Å². The molecule has 0 aromatic heterocycles. The van der Waals surface area contributed by atoms with Crippen molar-refractivity contribution < 1.29 is 14.3 Å². The second-order valence-electron chi connectivity index (χ2n) is 9.35. The van der Waals surface area contributed by atoms with Gasteiger partial charge in [-0.3, -0.25) is 9.59 Å². The van der Waals surface area contributed by atoms with Crippen LogP contribution in [0.25, 0.3) is 0 Å². The molecule has 2 aliphatic rings. The standard InChI is InChI=1S/C26H38O3/c1-8-9-10-17(2)13-18(3)21(6)29-25-12-11-20(5)26(7)15-22(19(4)16-27)24(28)14-23(25)26/h13-14,16-17,20,22,25H,4,6,8-12,15H2,1-3,5,7H3/b18-13+/t17?,20-,22-,25+,26+/m0/s1. The summed E-state index contributed by atoms with van der Waals surface area (Å²) in [5, 5.41) is 0. The van der Waals surface area contributed by atoms with Crippen LogP contribution in [0.5, 0.6) is 0 Å². The van der Waals surface area contributed by atoms with E-state index < -0.39 is 5.92 Å². The van der Waals surface area contributed by atoms with Crippen molar-refractivity contribution in [2.75, 3.05) is 0 Å². The second-order valence-corrected chi connectivity index (χ2v) is 9.35. The van der Waals surface area contributed by atoms with E-state index in [1.165, 1.54) is 19.3 Å². The van der Waals surface area contributed by atoms with Crippen LogP contribution in [0.3, 0.4) is 0 Å². The fraction of sp³-hybridized carbons (Fsp3) is 0.615. The Morgan fingerprint density at radius 1 is 1.38 bits per heavy atom. The summed E-state index contributed by atoms with van der Waals surface area (Å²) < 4.78 is 6.34. The van der Waals surface area contributed by atoms with Crippen LogP contribution in [0, 0.1) is 23.2 Å². The van der Waals surface area contributed by atoms with Gasteiger partial charge in [-0.1, -0.05) is 59.8 Å². The average molecular weight is 399 g/mol. The summed E-state index contributed by atoms with van der Waals surface area (Å²) in [4.78, 5) is 23.9. The molecule has 5 atom stereocenters. The summed E-state index contributed by atoms with van der Waals surface area (Å²) in [6.45, 7) is 18.9. The fourth-order valence-corrected chi connectivity index (χ4v) is 4.80. The number of carbonyl (C=O) groups excluding carboxylic acids is 2. The maximum absolute atomic E-state index is 12.7. The number of allylic oxidation sites excluding steroid dienone is 4. The highest BCUT2D eigenvalue weighted by molar-refractivity contribution is 5.99. The van der Waals surface area contributed by atoms with Crippen molar-refractivity contribution in [1.82, 2.24) is 0 Å². The van der Waals surface area contributed by atoms with E-state index in [2.05, 4.69) is 53.9 Å². The third kappa shape index (κ3) is 5.18. The highest BCUT2D eigenvalue weighted by atomic mass is 16.5. The molecule has 0 N–H and O–H groups in total. The van der Waals surface area contributed by atoms with Crippen LogP contribution in [0.4, 0.5) is 0 Å². The number of rotatable bonds is 9. The van der Waals surface area contributed by atoms with Gasteiger partial charge in [0.2, 0.25) is 0 Å². The molecular formula is C26H38O3. The van der Waals surface area contributed by atoms with Crippen LogP contribution < -0.4 is 0 Å². The lowest BCUT2D eigenvalue weighted by Gasteiger charge is -2.49. The molecule has 0 spiro atoms. The van der Waals surface area contributed by atoms with Gasteiger partial charge in [0, 0.05) is 0 Å². The molecule has 1 saturated carbocycles. The average Bonchev–Trinajstić information content (AvgIpc) is 2.69.